The van der Waals surface area contributed by atoms with Gasteiger partial charge in [0.15, 0.2) is 0 Å². The maximum absolute atomic E-state index is 14.0. The molecule has 0 unspecified atom stereocenters. The fourth-order valence-corrected chi connectivity index (χ4v) is 2.81. The highest BCUT2D eigenvalue weighted by Crippen LogP contribution is 2.22. The van der Waals surface area contributed by atoms with E-state index in [0.29, 0.717) is 11.3 Å². The summed E-state index contributed by atoms with van der Waals surface area (Å²) in [5.74, 6) is -0.287. The molecule has 1 aliphatic heterocycles. The van der Waals surface area contributed by atoms with Crippen LogP contribution in [0, 0.1) is 17.1 Å². The third kappa shape index (κ3) is 4.44. The molecule has 0 aliphatic carbocycles. The molecule has 0 amide bonds. The molecule has 0 atom stereocenters. The van der Waals surface area contributed by atoms with E-state index in [1.165, 1.54) is 31.7 Å². The lowest BCUT2D eigenvalue weighted by molar-refractivity contribution is 0.251. The predicted octanol–water partition coefficient (Wildman–Crippen LogP) is 3.40. The van der Waals surface area contributed by atoms with E-state index in [4.69, 9.17) is 5.26 Å². The minimum atomic E-state index is -0.287. The van der Waals surface area contributed by atoms with Gasteiger partial charge in [-0.1, -0.05) is 26.2 Å². The Morgan fingerprint density at radius 2 is 1.90 bits per heavy atom. The molecule has 1 heterocycles. The van der Waals surface area contributed by atoms with Crippen LogP contribution in [0.2, 0.25) is 0 Å². The number of unbranched alkanes of at least 4 members (excludes halogenated alkanes) is 3. The van der Waals surface area contributed by atoms with Gasteiger partial charge in [-0.2, -0.15) is 5.26 Å². The molecular formula is C17H24FN3. The molecule has 1 saturated heterocycles. The lowest BCUT2D eigenvalue weighted by atomic mass is 10.1. The SMILES string of the molecule is CCCCCCN1CCN(c2ccc(C#N)cc2F)CC1. The number of anilines is 1. The highest BCUT2D eigenvalue weighted by atomic mass is 19.1. The summed E-state index contributed by atoms with van der Waals surface area (Å²) >= 11 is 0. The lowest BCUT2D eigenvalue weighted by Gasteiger charge is -2.36. The minimum absolute atomic E-state index is 0.287. The van der Waals surface area contributed by atoms with Crippen LogP contribution in [-0.2, 0) is 0 Å². The van der Waals surface area contributed by atoms with Gasteiger partial charge in [0.05, 0.1) is 17.3 Å². The van der Waals surface area contributed by atoms with Gasteiger partial charge < -0.3 is 4.90 Å². The third-order valence-electron chi connectivity index (χ3n) is 4.12. The molecule has 0 N–H and O–H groups in total. The van der Waals surface area contributed by atoms with E-state index in [1.807, 2.05) is 6.07 Å². The van der Waals surface area contributed by atoms with Crippen LogP contribution in [0.25, 0.3) is 0 Å². The van der Waals surface area contributed by atoms with E-state index in [1.54, 1.807) is 12.1 Å². The fourth-order valence-electron chi connectivity index (χ4n) is 2.81. The summed E-state index contributed by atoms with van der Waals surface area (Å²) in [6.07, 6.45) is 5.15. The van der Waals surface area contributed by atoms with Crippen LogP contribution in [0.1, 0.15) is 38.2 Å². The monoisotopic (exact) mass is 289 g/mol. The van der Waals surface area contributed by atoms with Crippen molar-refractivity contribution < 1.29 is 4.39 Å². The second-order valence-corrected chi connectivity index (χ2v) is 5.67. The maximum Gasteiger partial charge on any atom is 0.147 e. The summed E-state index contributed by atoms with van der Waals surface area (Å²) in [6, 6.07) is 6.71. The summed E-state index contributed by atoms with van der Waals surface area (Å²) in [5, 5.41) is 8.78. The van der Waals surface area contributed by atoms with E-state index in [2.05, 4.69) is 16.7 Å². The Morgan fingerprint density at radius 3 is 2.52 bits per heavy atom. The van der Waals surface area contributed by atoms with Crippen LogP contribution in [0.3, 0.4) is 0 Å². The molecule has 1 aliphatic rings. The molecule has 1 fully saturated rings. The van der Waals surface area contributed by atoms with Gasteiger partial charge in [-0.3, -0.25) is 4.90 Å². The van der Waals surface area contributed by atoms with Crippen molar-refractivity contribution in [3.8, 4) is 6.07 Å². The molecule has 1 aromatic carbocycles. The number of nitrogens with zero attached hydrogens (tertiary/aromatic N) is 3. The Morgan fingerprint density at radius 1 is 1.14 bits per heavy atom. The molecule has 0 bridgehead atoms. The van der Waals surface area contributed by atoms with Crippen molar-refractivity contribution in [2.45, 2.75) is 32.6 Å². The highest BCUT2D eigenvalue weighted by molar-refractivity contribution is 5.51. The Labute approximate surface area is 127 Å². The van der Waals surface area contributed by atoms with Crippen molar-refractivity contribution >= 4 is 5.69 Å². The van der Waals surface area contributed by atoms with Crippen molar-refractivity contribution in [1.29, 1.82) is 5.26 Å². The van der Waals surface area contributed by atoms with Crippen molar-refractivity contribution in [3.05, 3.63) is 29.6 Å². The molecule has 0 spiro atoms. The van der Waals surface area contributed by atoms with Gasteiger partial charge in [0.25, 0.3) is 0 Å². The molecule has 114 valence electrons. The summed E-state index contributed by atoms with van der Waals surface area (Å²) in [5.41, 5.74) is 1.01. The van der Waals surface area contributed by atoms with Crippen molar-refractivity contribution in [2.75, 3.05) is 37.6 Å². The topological polar surface area (TPSA) is 30.3 Å². The number of hydrogen-bond acceptors (Lipinski definition) is 3. The molecule has 0 saturated carbocycles. The normalized spacial score (nSPS) is 16.0. The number of piperazine rings is 1. The Kier molecular flexibility index (Phi) is 6.01. The summed E-state index contributed by atoms with van der Waals surface area (Å²) < 4.78 is 14.0. The Balaban J connectivity index is 1.82. The molecule has 4 heteroatoms. The van der Waals surface area contributed by atoms with Gasteiger partial charge in [0.1, 0.15) is 5.82 Å². The van der Waals surface area contributed by atoms with Crippen LogP contribution in [0.15, 0.2) is 18.2 Å². The second-order valence-electron chi connectivity index (χ2n) is 5.67. The fraction of sp³-hybridized carbons (Fsp3) is 0.588. The number of halogens is 1. The summed E-state index contributed by atoms with van der Waals surface area (Å²) in [4.78, 5) is 4.55. The molecule has 21 heavy (non-hydrogen) atoms. The largest absolute Gasteiger partial charge is 0.367 e. The smallest absolute Gasteiger partial charge is 0.147 e. The minimum Gasteiger partial charge on any atom is -0.367 e. The zero-order valence-electron chi connectivity index (χ0n) is 12.8. The molecular weight excluding hydrogens is 265 g/mol. The maximum atomic E-state index is 14.0. The van der Waals surface area contributed by atoms with Crippen LogP contribution in [0.4, 0.5) is 10.1 Å². The van der Waals surface area contributed by atoms with E-state index >= 15 is 0 Å². The quantitative estimate of drug-likeness (QED) is 0.752. The van der Waals surface area contributed by atoms with Crippen molar-refractivity contribution in [2.24, 2.45) is 0 Å². The first-order valence-corrected chi connectivity index (χ1v) is 7.91. The van der Waals surface area contributed by atoms with E-state index < -0.39 is 0 Å². The summed E-state index contributed by atoms with van der Waals surface area (Å²) in [6.45, 7) is 7.08. The van der Waals surface area contributed by atoms with Gasteiger partial charge in [-0.05, 0) is 31.2 Å². The lowest BCUT2D eigenvalue weighted by Crippen LogP contribution is -2.46. The van der Waals surface area contributed by atoms with E-state index in [9.17, 15) is 4.39 Å². The third-order valence-corrected chi connectivity index (χ3v) is 4.12. The predicted molar refractivity (Wildman–Crippen MR) is 83.9 cm³/mol. The van der Waals surface area contributed by atoms with Crippen LogP contribution in [-0.4, -0.2) is 37.6 Å². The van der Waals surface area contributed by atoms with Gasteiger partial charge in [-0.15, -0.1) is 0 Å². The van der Waals surface area contributed by atoms with Gasteiger partial charge in [0.2, 0.25) is 0 Å². The van der Waals surface area contributed by atoms with Crippen molar-refractivity contribution in [1.82, 2.24) is 4.90 Å². The van der Waals surface area contributed by atoms with Gasteiger partial charge >= 0.3 is 0 Å². The molecule has 0 radical (unpaired) electrons. The van der Waals surface area contributed by atoms with Gasteiger partial charge in [0, 0.05) is 26.2 Å². The zero-order valence-corrected chi connectivity index (χ0v) is 12.8. The average molecular weight is 289 g/mol. The molecule has 2 rings (SSSR count). The number of benzene rings is 1. The molecule has 1 aromatic rings. The van der Waals surface area contributed by atoms with E-state index in [-0.39, 0.29) is 5.82 Å². The number of rotatable bonds is 6. The second kappa shape index (κ2) is 7.99. The average Bonchev–Trinajstić information content (AvgIpc) is 2.52. The van der Waals surface area contributed by atoms with Crippen LogP contribution >= 0.6 is 0 Å². The molecule has 3 nitrogen and oxygen atoms in total. The standard InChI is InChI=1S/C17H24FN3/c1-2-3-4-5-8-20-9-11-21(12-10-20)17-7-6-15(14-19)13-16(17)18/h6-7,13H,2-5,8-12H2,1H3. The number of nitriles is 1. The van der Waals surface area contributed by atoms with Crippen molar-refractivity contribution in [3.63, 3.8) is 0 Å². The first-order valence-electron chi connectivity index (χ1n) is 7.91. The first-order chi connectivity index (χ1) is 10.2. The van der Waals surface area contributed by atoms with Crippen LogP contribution in [0.5, 0.6) is 0 Å². The van der Waals surface area contributed by atoms with E-state index in [0.717, 1.165) is 32.7 Å². The Hall–Kier alpha value is -1.60. The van der Waals surface area contributed by atoms with Crippen LogP contribution < -0.4 is 4.90 Å². The van der Waals surface area contributed by atoms with Gasteiger partial charge in [-0.25, -0.2) is 4.39 Å². The highest BCUT2D eigenvalue weighted by Gasteiger charge is 2.19. The number of hydrogen-bond donors (Lipinski definition) is 0. The first kappa shape index (κ1) is 15.8. The summed E-state index contributed by atoms with van der Waals surface area (Å²) in [7, 11) is 0. The Bertz CT molecular complexity index is 487. The molecule has 0 aromatic heterocycles. The zero-order chi connectivity index (χ0) is 15.1.